The van der Waals surface area contributed by atoms with E-state index in [9.17, 15) is 4.79 Å². The number of carbonyl (C=O) groups excluding carboxylic acids is 1. The Morgan fingerprint density at radius 2 is 2.00 bits per heavy atom. The molecule has 0 spiro atoms. The van der Waals surface area contributed by atoms with E-state index in [1.807, 2.05) is 48.5 Å². The fourth-order valence-electron chi connectivity index (χ4n) is 3.47. The Labute approximate surface area is 170 Å². The molecule has 0 radical (unpaired) electrons. The molecule has 2 N–H and O–H groups in total. The number of benzene rings is 1. The number of amides is 2. The largest absolute Gasteiger partial charge is 0.348 e. The number of aromatic nitrogens is 5. The molecule has 0 unspecified atom stereocenters. The second-order valence-electron chi connectivity index (χ2n) is 6.59. The number of carbonyl (C=O) groups is 1. The van der Waals surface area contributed by atoms with Crippen molar-refractivity contribution in [2.45, 2.75) is 12.5 Å². The predicted octanol–water partition coefficient (Wildman–Crippen LogP) is 3.50. The molecule has 144 valence electrons. The fourth-order valence-corrected chi connectivity index (χ4v) is 4.05. The first-order valence-corrected chi connectivity index (χ1v) is 9.97. The van der Waals surface area contributed by atoms with Crippen molar-refractivity contribution in [3.05, 3.63) is 78.1 Å². The summed E-state index contributed by atoms with van der Waals surface area (Å²) >= 11 is 1.16. The number of anilines is 1. The first kappa shape index (κ1) is 17.5. The molecular weight excluding hydrogens is 386 g/mol. The van der Waals surface area contributed by atoms with Crippen LogP contribution in [0.3, 0.4) is 0 Å². The summed E-state index contributed by atoms with van der Waals surface area (Å²) < 4.78 is 4.36. The van der Waals surface area contributed by atoms with Crippen LogP contribution in [0.25, 0.3) is 11.4 Å². The molecule has 0 saturated carbocycles. The monoisotopic (exact) mass is 403 g/mol. The smallest absolute Gasteiger partial charge is 0.324 e. The normalized spacial score (nSPS) is 15.7. The van der Waals surface area contributed by atoms with E-state index >= 15 is 0 Å². The van der Waals surface area contributed by atoms with E-state index in [1.54, 1.807) is 17.4 Å². The molecule has 1 aliphatic rings. The van der Waals surface area contributed by atoms with Gasteiger partial charge in [0, 0.05) is 42.0 Å². The van der Waals surface area contributed by atoms with E-state index in [4.69, 9.17) is 0 Å². The van der Waals surface area contributed by atoms with Crippen LogP contribution >= 0.6 is 11.5 Å². The standard InChI is InChI=1S/C20H17N7OS/c28-20(25-19-24-18(26-29-19)13-6-2-1-3-7-13)27-11-9-14-16(23-12-22-14)17(27)15-8-4-5-10-21-15/h1-8,10,12,17H,9,11H2,(H,22,23)(H,24,25,26,28)/t17-/m0/s1. The van der Waals surface area contributed by atoms with Crippen molar-refractivity contribution >= 4 is 22.7 Å². The van der Waals surface area contributed by atoms with E-state index in [-0.39, 0.29) is 12.1 Å². The molecule has 4 aromatic rings. The molecule has 8 nitrogen and oxygen atoms in total. The van der Waals surface area contributed by atoms with Crippen molar-refractivity contribution < 1.29 is 4.79 Å². The first-order valence-electron chi connectivity index (χ1n) is 9.19. The molecular formula is C20H17N7OS. The summed E-state index contributed by atoms with van der Waals surface area (Å²) in [5.41, 5.74) is 3.55. The Hall–Kier alpha value is -3.59. The van der Waals surface area contributed by atoms with Crippen LogP contribution in [0.2, 0.25) is 0 Å². The molecule has 29 heavy (non-hydrogen) atoms. The van der Waals surface area contributed by atoms with Gasteiger partial charge in [0.2, 0.25) is 5.13 Å². The zero-order valence-electron chi connectivity index (χ0n) is 15.3. The van der Waals surface area contributed by atoms with Crippen LogP contribution in [0.5, 0.6) is 0 Å². The number of imidazole rings is 1. The minimum Gasteiger partial charge on any atom is -0.348 e. The average molecular weight is 403 g/mol. The summed E-state index contributed by atoms with van der Waals surface area (Å²) in [6, 6.07) is 14.8. The highest BCUT2D eigenvalue weighted by atomic mass is 32.1. The highest BCUT2D eigenvalue weighted by Crippen LogP contribution is 2.33. The average Bonchev–Trinajstić information content (AvgIpc) is 3.43. The van der Waals surface area contributed by atoms with Crippen LogP contribution in [0.4, 0.5) is 9.93 Å². The number of hydrogen-bond donors (Lipinski definition) is 2. The minimum atomic E-state index is -0.354. The summed E-state index contributed by atoms with van der Waals surface area (Å²) in [6.45, 7) is 0.548. The molecule has 1 atom stereocenters. The fraction of sp³-hybridized carbons (Fsp3) is 0.150. The summed E-state index contributed by atoms with van der Waals surface area (Å²) in [6.07, 6.45) is 4.10. The molecule has 1 aliphatic heterocycles. The third-order valence-electron chi connectivity index (χ3n) is 4.83. The Kier molecular flexibility index (Phi) is 4.49. The highest BCUT2D eigenvalue weighted by molar-refractivity contribution is 7.10. The predicted molar refractivity (Wildman–Crippen MR) is 109 cm³/mol. The second kappa shape index (κ2) is 7.44. The maximum atomic E-state index is 13.1. The molecule has 3 aromatic heterocycles. The van der Waals surface area contributed by atoms with Gasteiger partial charge in [-0.25, -0.2) is 9.78 Å². The number of pyridine rings is 1. The molecule has 1 aromatic carbocycles. The van der Waals surface area contributed by atoms with Crippen molar-refractivity contribution in [3.8, 4) is 11.4 Å². The molecule has 0 fully saturated rings. The zero-order chi connectivity index (χ0) is 19.6. The Morgan fingerprint density at radius 1 is 1.14 bits per heavy atom. The topological polar surface area (TPSA) is 99.7 Å². The van der Waals surface area contributed by atoms with Gasteiger partial charge in [0.15, 0.2) is 5.82 Å². The van der Waals surface area contributed by atoms with Gasteiger partial charge in [-0.15, -0.1) is 0 Å². The Balaban J connectivity index is 1.41. The van der Waals surface area contributed by atoms with E-state index < -0.39 is 0 Å². The number of hydrogen-bond acceptors (Lipinski definition) is 6. The number of nitrogens with one attached hydrogen (secondary N) is 2. The third-order valence-corrected chi connectivity index (χ3v) is 5.46. The lowest BCUT2D eigenvalue weighted by atomic mass is 10.00. The van der Waals surface area contributed by atoms with Crippen molar-refractivity contribution in [3.63, 3.8) is 0 Å². The molecule has 9 heteroatoms. The van der Waals surface area contributed by atoms with Crippen molar-refractivity contribution in [2.24, 2.45) is 0 Å². The second-order valence-corrected chi connectivity index (χ2v) is 7.34. The Bertz CT molecular complexity index is 1130. The number of H-pyrrole nitrogens is 1. The van der Waals surface area contributed by atoms with E-state index in [0.29, 0.717) is 23.9 Å². The van der Waals surface area contributed by atoms with Gasteiger partial charge >= 0.3 is 6.03 Å². The maximum absolute atomic E-state index is 13.1. The van der Waals surface area contributed by atoms with E-state index in [1.165, 1.54) is 0 Å². The molecule has 0 saturated heterocycles. The van der Waals surface area contributed by atoms with Gasteiger partial charge in [-0.1, -0.05) is 36.4 Å². The minimum absolute atomic E-state index is 0.245. The van der Waals surface area contributed by atoms with Crippen LogP contribution < -0.4 is 5.32 Å². The van der Waals surface area contributed by atoms with Gasteiger partial charge < -0.3 is 9.88 Å². The lowest BCUT2D eigenvalue weighted by Crippen LogP contribution is -2.43. The van der Waals surface area contributed by atoms with E-state index in [2.05, 4.69) is 29.6 Å². The molecule has 4 heterocycles. The van der Waals surface area contributed by atoms with Crippen LogP contribution in [-0.2, 0) is 6.42 Å². The van der Waals surface area contributed by atoms with Gasteiger partial charge in [-0.2, -0.15) is 9.36 Å². The van der Waals surface area contributed by atoms with Gasteiger partial charge in [-0.3, -0.25) is 10.3 Å². The third kappa shape index (κ3) is 3.36. The van der Waals surface area contributed by atoms with Crippen molar-refractivity contribution in [1.29, 1.82) is 0 Å². The van der Waals surface area contributed by atoms with Crippen molar-refractivity contribution in [1.82, 2.24) is 29.2 Å². The Morgan fingerprint density at radius 3 is 2.83 bits per heavy atom. The quantitative estimate of drug-likeness (QED) is 0.545. The first-order chi connectivity index (χ1) is 14.3. The highest BCUT2D eigenvalue weighted by Gasteiger charge is 2.35. The van der Waals surface area contributed by atoms with Crippen LogP contribution in [0.15, 0.2) is 61.1 Å². The maximum Gasteiger partial charge on any atom is 0.324 e. The van der Waals surface area contributed by atoms with Gasteiger partial charge in [0.25, 0.3) is 0 Å². The van der Waals surface area contributed by atoms with Crippen LogP contribution in [-0.4, -0.2) is 41.8 Å². The number of aromatic amines is 1. The van der Waals surface area contributed by atoms with Gasteiger partial charge in [0.05, 0.1) is 17.7 Å². The van der Waals surface area contributed by atoms with Crippen LogP contribution in [0.1, 0.15) is 23.1 Å². The number of fused-ring (bicyclic) bond motifs is 1. The summed E-state index contributed by atoms with van der Waals surface area (Å²) in [5, 5.41) is 3.35. The van der Waals surface area contributed by atoms with Crippen LogP contribution in [0, 0.1) is 0 Å². The molecule has 0 aliphatic carbocycles. The molecule has 5 rings (SSSR count). The lowest BCUT2D eigenvalue weighted by Gasteiger charge is -2.34. The summed E-state index contributed by atoms with van der Waals surface area (Å²) in [4.78, 5) is 31.4. The lowest BCUT2D eigenvalue weighted by molar-refractivity contribution is 0.191. The molecule has 0 bridgehead atoms. The number of rotatable bonds is 3. The van der Waals surface area contributed by atoms with Crippen molar-refractivity contribution in [2.75, 3.05) is 11.9 Å². The van der Waals surface area contributed by atoms with Gasteiger partial charge in [0.1, 0.15) is 6.04 Å². The number of nitrogens with zero attached hydrogens (tertiary/aromatic N) is 5. The molecule has 2 amide bonds. The van der Waals surface area contributed by atoms with Gasteiger partial charge in [-0.05, 0) is 12.1 Å². The zero-order valence-corrected chi connectivity index (χ0v) is 16.1. The summed E-state index contributed by atoms with van der Waals surface area (Å²) in [5.74, 6) is 0.598. The number of urea groups is 1. The SMILES string of the molecule is O=C(Nc1nc(-c2ccccc2)ns1)N1CCc2[nH]cnc2[C@@H]1c1ccccn1. The summed E-state index contributed by atoms with van der Waals surface area (Å²) in [7, 11) is 0. The van der Waals surface area contributed by atoms with E-state index in [0.717, 1.165) is 34.2 Å².